The summed E-state index contributed by atoms with van der Waals surface area (Å²) in [6.45, 7) is 8.42. The first-order valence-corrected chi connectivity index (χ1v) is 11.5. The normalized spacial score (nSPS) is 14.4. The number of H-pyrrole nitrogens is 1. The topological polar surface area (TPSA) is 77.7 Å². The van der Waals surface area contributed by atoms with E-state index < -0.39 is 0 Å². The van der Waals surface area contributed by atoms with Gasteiger partial charge in [-0.3, -0.25) is 9.69 Å². The van der Waals surface area contributed by atoms with Crippen LogP contribution in [-0.4, -0.2) is 60.2 Å². The van der Waals surface area contributed by atoms with Crippen LogP contribution in [0.15, 0.2) is 47.3 Å². The molecule has 2 N–H and O–H groups in total. The highest BCUT2D eigenvalue weighted by atomic mass is 35.5. The number of para-hydroxylation sites is 1. The van der Waals surface area contributed by atoms with Gasteiger partial charge in [-0.1, -0.05) is 35.9 Å². The van der Waals surface area contributed by atoms with E-state index in [4.69, 9.17) is 16.3 Å². The lowest BCUT2D eigenvalue weighted by Crippen LogP contribution is -2.44. The molecule has 0 spiro atoms. The van der Waals surface area contributed by atoms with Gasteiger partial charge in [0.25, 0.3) is 5.56 Å². The number of aromatic nitrogens is 1. The fourth-order valence-corrected chi connectivity index (χ4v) is 4.17. The largest absolute Gasteiger partial charge is 0.379 e. The molecule has 33 heavy (non-hydrogen) atoms. The second-order valence-corrected chi connectivity index (χ2v) is 8.79. The lowest BCUT2D eigenvalue weighted by Gasteiger charge is -2.30. The summed E-state index contributed by atoms with van der Waals surface area (Å²) in [5.74, 6) is 0. The van der Waals surface area contributed by atoms with Crippen LogP contribution in [0.3, 0.4) is 0 Å². The van der Waals surface area contributed by atoms with Crippen molar-refractivity contribution in [2.75, 3.05) is 44.7 Å². The van der Waals surface area contributed by atoms with Gasteiger partial charge in [-0.05, 0) is 48.6 Å². The summed E-state index contributed by atoms with van der Waals surface area (Å²) in [5.41, 5.74) is 3.91. The summed E-state index contributed by atoms with van der Waals surface area (Å²) in [6.07, 6.45) is 0. The minimum absolute atomic E-state index is 0.182. The third-order valence-electron chi connectivity index (χ3n) is 6.18. The summed E-state index contributed by atoms with van der Waals surface area (Å²) < 4.78 is 5.42. The number of nitrogens with zero attached hydrogens (tertiary/aromatic N) is 2. The van der Waals surface area contributed by atoms with E-state index in [1.807, 2.05) is 44.2 Å². The molecule has 2 aromatic carbocycles. The lowest BCUT2D eigenvalue weighted by molar-refractivity contribution is 0.0349. The smallest absolute Gasteiger partial charge is 0.322 e. The summed E-state index contributed by atoms with van der Waals surface area (Å²) in [7, 11) is 0. The molecule has 0 saturated carbocycles. The number of rotatable bonds is 6. The van der Waals surface area contributed by atoms with E-state index in [0.717, 1.165) is 35.1 Å². The number of fused-ring (bicyclic) bond motifs is 1. The van der Waals surface area contributed by atoms with Crippen LogP contribution in [0.5, 0.6) is 0 Å². The molecule has 1 fully saturated rings. The van der Waals surface area contributed by atoms with Crippen molar-refractivity contribution in [2.45, 2.75) is 20.4 Å². The third kappa shape index (κ3) is 5.55. The number of anilines is 1. The number of nitrogens with one attached hydrogen (secondary N) is 2. The second-order valence-electron chi connectivity index (χ2n) is 8.38. The zero-order valence-electron chi connectivity index (χ0n) is 19.0. The number of pyridine rings is 1. The molecule has 7 nitrogen and oxygen atoms in total. The highest BCUT2D eigenvalue weighted by molar-refractivity contribution is 6.33. The number of morpholine rings is 1. The summed E-state index contributed by atoms with van der Waals surface area (Å²) >= 11 is 6.24. The first kappa shape index (κ1) is 23.3. The summed E-state index contributed by atoms with van der Waals surface area (Å²) in [4.78, 5) is 33.1. The molecule has 1 aromatic heterocycles. The molecule has 0 unspecified atom stereocenters. The molecule has 8 heteroatoms. The molecule has 2 amide bonds. The van der Waals surface area contributed by atoms with E-state index in [0.29, 0.717) is 42.6 Å². The van der Waals surface area contributed by atoms with Crippen molar-refractivity contribution in [3.63, 3.8) is 0 Å². The average molecular weight is 469 g/mol. The van der Waals surface area contributed by atoms with Crippen molar-refractivity contribution >= 4 is 34.2 Å². The van der Waals surface area contributed by atoms with Gasteiger partial charge in [-0.15, -0.1) is 0 Å². The van der Waals surface area contributed by atoms with Gasteiger partial charge < -0.3 is 19.9 Å². The van der Waals surface area contributed by atoms with Crippen molar-refractivity contribution in [1.29, 1.82) is 0 Å². The van der Waals surface area contributed by atoms with E-state index in [1.54, 1.807) is 17.0 Å². The zero-order chi connectivity index (χ0) is 23.4. The fourth-order valence-electron chi connectivity index (χ4n) is 3.99. The molecule has 0 bridgehead atoms. The minimum atomic E-state index is -0.295. The quantitative estimate of drug-likeness (QED) is 0.569. The predicted molar refractivity (Wildman–Crippen MR) is 132 cm³/mol. The van der Waals surface area contributed by atoms with Crippen LogP contribution in [-0.2, 0) is 11.3 Å². The fraction of sp³-hybridized carbons (Fsp3) is 0.360. The SMILES string of the molecule is Cc1ccc2cc(CN(CCN3CCOCC3)C(=O)Nc3ccccc3Cl)c(=O)[nH]c2c1C. The highest BCUT2D eigenvalue weighted by Gasteiger charge is 2.20. The maximum Gasteiger partial charge on any atom is 0.322 e. The number of ether oxygens (including phenoxy) is 1. The van der Waals surface area contributed by atoms with Crippen LogP contribution >= 0.6 is 11.6 Å². The van der Waals surface area contributed by atoms with Crippen molar-refractivity contribution in [1.82, 2.24) is 14.8 Å². The second kappa shape index (κ2) is 10.4. The van der Waals surface area contributed by atoms with Gasteiger partial charge in [-0.2, -0.15) is 0 Å². The maximum absolute atomic E-state index is 13.2. The third-order valence-corrected chi connectivity index (χ3v) is 6.51. The van der Waals surface area contributed by atoms with Crippen LogP contribution < -0.4 is 10.9 Å². The maximum atomic E-state index is 13.2. The molecule has 0 radical (unpaired) electrons. The number of urea groups is 1. The van der Waals surface area contributed by atoms with Gasteiger partial charge in [0.15, 0.2) is 0 Å². The number of aryl methyl sites for hydroxylation is 2. The molecular formula is C25H29ClN4O3. The van der Waals surface area contributed by atoms with E-state index in [-0.39, 0.29) is 18.1 Å². The number of hydrogen-bond donors (Lipinski definition) is 2. The molecule has 3 aromatic rings. The van der Waals surface area contributed by atoms with Crippen LogP contribution in [0, 0.1) is 13.8 Å². The lowest BCUT2D eigenvalue weighted by atomic mass is 10.0. The Morgan fingerprint density at radius 2 is 1.94 bits per heavy atom. The Balaban J connectivity index is 1.58. The Morgan fingerprint density at radius 1 is 1.18 bits per heavy atom. The van der Waals surface area contributed by atoms with Crippen LogP contribution in [0.4, 0.5) is 10.5 Å². The molecule has 1 aliphatic heterocycles. The Kier molecular flexibility index (Phi) is 7.33. The molecule has 1 saturated heterocycles. The molecular weight excluding hydrogens is 440 g/mol. The van der Waals surface area contributed by atoms with E-state index in [9.17, 15) is 9.59 Å². The molecule has 2 heterocycles. The van der Waals surface area contributed by atoms with Gasteiger partial charge in [0.2, 0.25) is 0 Å². The Morgan fingerprint density at radius 3 is 2.70 bits per heavy atom. The van der Waals surface area contributed by atoms with Crippen molar-refractivity contribution in [2.24, 2.45) is 0 Å². The van der Waals surface area contributed by atoms with Crippen LogP contribution in [0.25, 0.3) is 10.9 Å². The number of aromatic amines is 1. The number of carbonyl (C=O) groups excluding carboxylic acids is 1. The standard InChI is InChI=1S/C25H29ClN4O3/c1-17-7-8-19-15-20(24(31)28-23(19)18(17)2)16-30(10-9-29-11-13-33-14-12-29)25(32)27-22-6-4-3-5-21(22)26/h3-8,15H,9-14,16H2,1-2H3,(H,27,32)(H,28,31). The van der Waals surface area contributed by atoms with E-state index >= 15 is 0 Å². The summed E-state index contributed by atoms with van der Waals surface area (Å²) in [6, 6.07) is 12.7. The van der Waals surface area contributed by atoms with E-state index in [1.165, 1.54) is 0 Å². The minimum Gasteiger partial charge on any atom is -0.379 e. The van der Waals surface area contributed by atoms with Gasteiger partial charge in [-0.25, -0.2) is 4.79 Å². The average Bonchev–Trinajstić information content (AvgIpc) is 2.82. The first-order valence-electron chi connectivity index (χ1n) is 11.1. The molecule has 0 aliphatic carbocycles. The highest BCUT2D eigenvalue weighted by Crippen LogP contribution is 2.22. The zero-order valence-corrected chi connectivity index (χ0v) is 19.7. The monoisotopic (exact) mass is 468 g/mol. The predicted octanol–water partition coefficient (Wildman–Crippen LogP) is 4.16. The molecule has 0 atom stereocenters. The number of hydrogen-bond acceptors (Lipinski definition) is 4. The number of benzene rings is 2. The Bertz CT molecular complexity index is 1200. The molecule has 4 rings (SSSR count). The van der Waals surface area contributed by atoms with Crippen molar-refractivity contribution in [3.05, 3.63) is 74.5 Å². The Labute approximate surface area is 198 Å². The van der Waals surface area contributed by atoms with Gasteiger partial charge >= 0.3 is 6.03 Å². The van der Waals surface area contributed by atoms with Gasteiger partial charge in [0.05, 0.1) is 36.0 Å². The summed E-state index contributed by atoms with van der Waals surface area (Å²) in [5, 5.41) is 4.31. The van der Waals surface area contributed by atoms with Crippen molar-refractivity contribution in [3.8, 4) is 0 Å². The Hall–Kier alpha value is -2.87. The van der Waals surface area contributed by atoms with Crippen molar-refractivity contribution < 1.29 is 9.53 Å². The number of carbonyl (C=O) groups is 1. The van der Waals surface area contributed by atoms with Gasteiger partial charge in [0.1, 0.15) is 0 Å². The number of amides is 2. The molecule has 174 valence electrons. The van der Waals surface area contributed by atoms with Crippen LogP contribution in [0.2, 0.25) is 5.02 Å². The van der Waals surface area contributed by atoms with E-state index in [2.05, 4.69) is 15.2 Å². The first-order chi connectivity index (χ1) is 15.9. The van der Waals surface area contributed by atoms with Gasteiger partial charge in [0, 0.05) is 31.7 Å². The number of halogens is 1. The molecule has 1 aliphatic rings. The van der Waals surface area contributed by atoms with Crippen LogP contribution in [0.1, 0.15) is 16.7 Å².